The highest BCUT2D eigenvalue weighted by molar-refractivity contribution is 8.15. The fourth-order valence-corrected chi connectivity index (χ4v) is 2.85. The Kier molecular flexibility index (Phi) is 6.71. The Balaban J connectivity index is 2.00. The summed E-state index contributed by atoms with van der Waals surface area (Å²) in [5.41, 5.74) is 1.80. The van der Waals surface area contributed by atoms with Crippen LogP contribution in [0, 0.1) is 0 Å². The van der Waals surface area contributed by atoms with Gasteiger partial charge >= 0.3 is 5.97 Å². The summed E-state index contributed by atoms with van der Waals surface area (Å²) in [5, 5.41) is 18.8. The number of amidine groups is 1. The van der Waals surface area contributed by atoms with Gasteiger partial charge in [-0.2, -0.15) is 5.10 Å². The summed E-state index contributed by atoms with van der Waals surface area (Å²) in [6.45, 7) is 4.48. The van der Waals surface area contributed by atoms with Crippen molar-refractivity contribution in [1.82, 2.24) is 5.32 Å². The monoisotopic (exact) mass is 347 g/mol. The van der Waals surface area contributed by atoms with Gasteiger partial charge in [-0.05, 0) is 5.56 Å². The molecule has 0 aliphatic carbocycles. The molecule has 2 N–H and O–H groups in total. The van der Waals surface area contributed by atoms with Gasteiger partial charge in [0.25, 0.3) is 0 Å². The third kappa shape index (κ3) is 5.32. The maximum Gasteiger partial charge on any atom is 0.305 e. The standard InChI is InChI=1S/C16H17N3O4S/c1-2-7-23-10-12-6-4-3-5-11(12)9-17-19-16-18-15(22)13(24-16)8-14(20)21/h2-6,9,13H,1,7-8,10H2,(H,20,21)(H,18,19,22). The van der Waals surface area contributed by atoms with Crippen LogP contribution in [0.15, 0.2) is 47.1 Å². The van der Waals surface area contributed by atoms with Crippen LogP contribution in [0.3, 0.4) is 0 Å². The molecule has 1 heterocycles. The van der Waals surface area contributed by atoms with Crippen LogP contribution in [-0.4, -0.2) is 40.2 Å². The Labute approximate surface area is 143 Å². The first-order valence-electron chi connectivity index (χ1n) is 7.17. The number of thioether (sulfide) groups is 1. The van der Waals surface area contributed by atoms with Gasteiger partial charge in [-0.3, -0.25) is 9.59 Å². The number of carbonyl (C=O) groups is 2. The molecule has 126 valence electrons. The summed E-state index contributed by atoms with van der Waals surface area (Å²) in [6.07, 6.45) is 3.00. The van der Waals surface area contributed by atoms with Crippen LogP contribution in [-0.2, 0) is 20.9 Å². The summed E-state index contributed by atoms with van der Waals surface area (Å²) >= 11 is 1.06. The third-order valence-corrected chi connectivity index (χ3v) is 4.10. The predicted molar refractivity (Wildman–Crippen MR) is 93.1 cm³/mol. The molecule has 1 aliphatic heterocycles. The number of carbonyl (C=O) groups excluding carboxylic acids is 1. The molecule has 1 unspecified atom stereocenters. The van der Waals surface area contributed by atoms with Crippen molar-refractivity contribution >= 4 is 35.0 Å². The molecule has 0 aromatic heterocycles. The number of rotatable bonds is 8. The summed E-state index contributed by atoms with van der Waals surface area (Å²) in [5.74, 6) is -1.39. The minimum Gasteiger partial charge on any atom is -0.481 e. The smallest absolute Gasteiger partial charge is 0.305 e. The second-order valence-electron chi connectivity index (χ2n) is 4.85. The van der Waals surface area contributed by atoms with Crippen molar-refractivity contribution in [2.24, 2.45) is 10.2 Å². The highest BCUT2D eigenvalue weighted by Gasteiger charge is 2.32. The fraction of sp³-hybridized carbons (Fsp3) is 0.250. The maximum atomic E-state index is 11.6. The summed E-state index contributed by atoms with van der Waals surface area (Å²) in [7, 11) is 0. The molecule has 8 heteroatoms. The zero-order valence-electron chi connectivity index (χ0n) is 12.8. The first-order chi connectivity index (χ1) is 11.6. The molecule has 0 saturated carbocycles. The molecule has 7 nitrogen and oxygen atoms in total. The second-order valence-corrected chi connectivity index (χ2v) is 6.04. The lowest BCUT2D eigenvalue weighted by Crippen LogP contribution is -2.26. The van der Waals surface area contributed by atoms with E-state index < -0.39 is 11.2 Å². The van der Waals surface area contributed by atoms with Crippen molar-refractivity contribution in [1.29, 1.82) is 0 Å². The van der Waals surface area contributed by atoms with Crippen molar-refractivity contribution in [3.8, 4) is 0 Å². The number of nitrogens with one attached hydrogen (secondary N) is 1. The van der Waals surface area contributed by atoms with E-state index in [1.807, 2.05) is 24.3 Å². The van der Waals surface area contributed by atoms with E-state index >= 15 is 0 Å². The van der Waals surface area contributed by atoms with Gasteiger partial charge in [0.2, 0.25) is 5.91 Å². The minimum absolute atomic E-state index is 0.247. The fourth-order valence-electron chi connectivity index (χ4n) is 1.93. The first kappa shape index (κ1) is 17.9. The Morgan fingerprint density at radius 2 is 2.25 bits per heavy atom. The van der Waals surface area contributed by atoms with Crippen LogP contribution >= 0.6 is 11.8 Å². The zero-order valence-corrected chi connectivity index (χ0v) is 13.7. The van der Waals surface area contributed by atoms with E-state index in [1.165, 1.54) is 0 Å². The average Bonchev–Trinajstić information content (AvgIpc) is 2.88. The summed E-state index contributed by atoms with van der Waals surface area (Å²) < 4.78 is 5.42. The molecule has 1 amide bonds. The number of nitrogens with zero attached hydrogens (tertiary/aromatic N) is 2. The van der Waals surface area contributed by atoms with Gasteiger partial charge in [-0.25, -0.2) is 0 Å². The molecule has 0 radical (unpaired) electrons. The van der Waals surface area contributed by atoms with Crippen molar-refractivity contribution in [3.63, 3.8) is 0 Å². The molecule has 0 bridgehead atoms. The Bertz CT molecular complexity index is 688. The molecular weight excluding hydrogens is 330 g/mol. The lowest BCUT2D eigenvalue weighted by atomic mass is 10.1. The quantitative estimate of drug-likeness (QED) is 0.323. The Morgan fingerprint density at radius 1 is 1.46 bits per heavy atom. The molecule has 2 rings (SSSR count). The third-order valence-electron chi connectivity index (χ3n) is 3.03. The molecule has 1 saturated heterocycles. The Morgan fingerprint density at radius 3 is 3.00 bits per heavy atom. The van der Waals surface area contributed by atoms with E-state index in [2.05, 4.69) is 22.1 Å². The van der Waals surface area contributed by atoms with Gasteiger partial charge in [0, 0.05) is 5.56 Å². The molecule has 1 fully saturated rings. The zero-order chi connectivity index (χ0) is 17.4. The average molecular weight is 347 g/mol. The second kappa shape index (κ2) is 8.99. The van der Waals surface area contributed by atoms with Gasteiger partial charge < -0.3 is 15.2 Å². The minimum atomic E-state index is -1.03. The molecule has 1 atom stereocenters. The largest absolute Gasteiger partial charge is 0.481 e. The van der Waals surface area contributed by atoms with Crippen LogP contribution in [0.5, 0.6) is 0 Å². The number of hydrogen-bond donors (Lipinski definition) is 2. The van der Waals surface area contributed by atoms with Gasteiger partial charge in [0.05, 0.1) is 25.8 Å². The maximum absolute atomic E-state index is 11.6. The van der Waals surface area contributed by atoms with Crippen LogP contribution in [0.2, 0.25) is 0 Å². The predicted octanol–water partition coefficient (Wildman–Crippen LogP) is 1.79. The molecule has 0 spiro atoms. The van der Waals surface area contributed by atoms with Crippen molar-refractivity contribution in [2.45, 2.75) is 18.3 Å². The van der Waals surface area contributed by atoms with Crippen LogP contribution in [0.1, 0.15) is 17.5 Å². The summed E-state index contributed by atoms with van der Waals surface area (Å²) in [6, 6.07) is 7.58. The molecule has 24 heavy (non-hydrogen) atoms. The van der Waals surface area contributed by atoms with E-state index in [0.29, 0.717) is 18.4 Å². The number of ether oxygens (including phenoxy) is 1. The topological polar surface area (TPSA) is 100 Å². The van der Waals surface area contributed by atoms with E-state index in [-0.39, 0.29) is 12.3 Å². The van der Waals surface area contributed by atoms with Gasteiger partial charge in [0.15, 0.2) is 5.17 Å². The normalized spacial score (nSPS) is 18.9. The number of carboxylic acids is 1. The van der Waals surface area contributed by atoms with Crippen LogP contribution in [0.25, 0.3) is 0 Å². The highest BCUT2D eigenvalue weighted by Crippen LogP contribution is 2.22. The summed E-state index contributed by atoms with van der Waals surface area (Å²) in [4.78, 5) is 22.3. The van der Waals surface area contributed by atoms with E-state index in [9.17, 15) is 9.59 Å². The lowest BCUT2D eigenvalue weighted by Gasteiger charge is -2.04. The molecule has 1 aromatic rings. The van der Waals surface area contributed by atoms with Gasteiger partial charge in [0.1, 0.15) is 5.25 Å². The number of hydrogen-bond acceptors (Lipinski definition) is 6. The number of carboxylic acid groups (broad SMARTS) is 1. The van der Waals surface area contributed by atoms with E-state index in [1.54, 1.807) is 12.3 Å². The van der Waals surface area contributed by atoms with E-state index in [0.717, 1.165) is 22.9 Å². The highest BCUT2D eigenvalue weighted by atomic mass is 32.2. The van der Waals surface area contributed by atoms with E-state index in [4.69, 9.17) is 9.84 Å². The van der Waals surface area contributed by atoms with Gasteiger partial charge in [-0.1, -0.05) is 42.1 Å². The SMILES string of the molecule is C=CCOCc1ccccc1C=NN=C1NC(=O)C(CC(=O)O)S1. The van der Waals surface area contributed by atoms with Crippen LogP contribution in [0.4, 0.5) is 0 Å². The number of benzene rings is 1. The number of aliphatic carboxylic acids is 1. The first-order valence-corrected chi connectivity index (χ1v) is 8.05. The van der Waals surface area contributed by atoms with Crippen molar-refractivity contribution < 1.29 is 19.4 Å². The van der Waals surface area contributed by atoms with Gasteiger partial charge in [-0.15, -0.1) is 11.7 Å². The number of amides is 1. The molecule has 1 aliphatic rings. The molecular formula is C16H17N3O4S. The lowest BCUT2D eigenvalue weighted by molar-refractivity contribution is -0.138. The van der Waals surface area contributed by atoms with Crippen molar-refractivity contribution in [2.75, 3.05) is 6.61 Å². The molecule has 1 aromatic carbocycles. The van der Waals surface area contributed by atoms with Crippen molar-refractivity contribution in [3.05, 3.63) is 48.0 Å². The van der Waals surface area contributed by atoms with Crippen LogP contribution < -0.4 is 5.32 Å². The Hall–Kier alpha value is -2.45.